The molecule has 6 atom stereocenters. The van der Waals surface area contributed by atoms with Crippen LogP contribution in [0.2, 0.25) is 0 Å². The van der Waals surface area contributed by atoms with Crippen molar-refractivity contribution >= 4 is 29.5 Å². The van der Waals surface area contributed by atoms with Crippen LogP contribution in [-0.4, -0.2) is 60.1 Å². The van der Waals surface area contributed by atoms with Gasteiger partial charge in [-0.2, -0.15) is 0 Å². The van der Waals surface area contributed by atoms with Crippen molar-refractivity contribution in [2.75, 3.05) is 12.0 Å². The smallest absolute Gasteiger partial charge is 0.338 e. The number of benzene rings is 2. The van der Waals surface area contributed by atoms with Crippen molar-refractivity contribution in [1.29, 1.82) is 0 Å². The van der Waals surface area contributed by atoms with Crippen molar-refractivity contribution in [1.82, 2.24) is 0 Å². The summed E-state index contributed by atoms with van der Waals surface area (Å²) in [4.78, 5) is 55.6. The predicted octanol–water partition coefficient (Wildman–Crippen LogP) is 2.62. The quantitative estimate of drug-likeness (QED) is 0.464. The molecular weight excluding hydrogens is 506 g/mol. The van der Waals surface area contributed by atoms with Crippen LogP contribution in [-0.2, 0) is 28.6 Å². The molecule has 3 aliphatic heterocycles. The number of carbonyl (C=O) groups is 4. The molecule has 0 radical (unpaired) electrons. The van der Waals surface area contributed by atoms with Crippen LogP contribution in [0.25, 0.3) is 0 Å². The topological polar surface area (TPSA) is 129 Å². The minimum atomic E-state index is -1.85. The van der Waals surface area contributed by atoms with Crippen LogP contribution in [0.15, 0.2) is 54.6 Å². The fraction of sp³-hybridized carbons (Fsp3) is 0.448. The normalized spacial score (nSPS) is 34.7. The van der Waals surface area contributed by atoms with Gasteiger partial charge in [0.2, 0.25) is 0 Å². The van der Waals surface area contributed by atoms with Crippen molar-refractivity contribution in [2.45, 2.75) is 57.6 Å². The molecule has 3 heterocycles. The molecule has 1 amide bonds. The standard InChI is InChI=1S/C29H29NO9/c1-26(2,3)28(35)14-19-27(15-20(31)37-19)25(34)39-24-29(27,28)21(38-23(33)16-8-6-5-7-9-16)22(32)30(24)17-10-12-18(36-4)13-11-17/h5-13,19,21,24,35H,14-15H2,1-4H3/t19-,21-,24-,27-,28+,29+/m0/s1. The number of carbonyl (C=O) groups excluding carboxylic acids is 4. The number of methoxy groups -OCH3 is 1. The van der Waals surface area contributed by atoms with Gasteiger partial charge in [0, 0.05) is 12.1 Å². The van der Waals surface area contributed by atoms with E-state index in [4.69, 9.17) is 18.9 Å². The van der Waals surface area contributed by atoms with Crippen molar-refractivity contribution in [2.24, 2.45) is 16.2 Å². The number of rotatable bonds is 4. The molecule has 6 rings (SSSR count). The van der Waals surface area contributed by atoms with Gasteiger partial charge >= 0.3 is 17.9 Å². The first kappa shape index (κ1) is 25.4. The molecular formula is C29H29NO9. The minimum Gasteiger partial charge on any atom is -0.497 e. The first-order chi connectivity index (χ1) is 18.4. The third-order valence-corrected chi connectivity index (χ3v) is 9.06. The molecule has 1 aliphatic carbocycles. The maximum Gasteiger partial charge on any atom is 0.338 e. The summed E-state index contributed by atoms with van der Waals surface area (Å²) in [6.45, 7) is 5.32. The molecule has 1 N–H and O–H groups in total. The van der Waals surface area contributed by atoms with Gasteiger partial charge in [-0.3, -0.25) is 19.3 Å². The van der Waals surface area contributed by atoms with Gasteiger partial charge < -0.3 is 24.1 Å². The fourth-order valence-corrected chi connectivity index (χ4v) is 7.27. The Morgan fingerprint density at radius 3 is 2.31 bits per heavy atom. The largest absolute Gasteiger partial charge is 0.497 e. The number of ether oxygens (including phenoxy) is 4. The van der Waals surface area contributed by atoms with E-state index in [1.54, 1.807) is 75.4 Å². The molecule has 0 unspecified atom stereocenters. The molecule has 0 bridgehead atoms. The van der Waals surface area contributed by atoms with Crippen molar-refractivity contribution in [3.05, 3.63) is 60.2 Å². The maximum absolute atomic E-state index is 14.4. The van der Waals surface area contributed by atoms with Gasteiger partial charge in [-0.15, -0.1) is 0 Å². The van der Waals surface area contributed by atoms with E-state index in [0.29, 0.717) is 11.4 Å². The highest BCUT2D eigenvalue weighted by Gasteiger charge is 2.93. The van der Waals surface area contributed by atoms with E-state index in [9.17, 15) is 24.3 Å². The third kappa shape index (κ3) is 2.95. The highest BCUT2D eigenvalue weighted by molar-refractivity contribution is 6.07. The fourth-order valence-electron chi connectivity index (χ4n) is 7.27. The Bertz CT molecular complexity index is 1380. The highest BCUT2D eigenvalue weighted by Crippen LogP contribution is 2.76. The second kappa shape index (κ2) is 8.05. The van der Waals surface area contributed by atoms with Gasteiger partial charge in [0.15, 0.2) is 12.3 Å². The van der Waals surface area contributed by atoms with Gasteiger partial charge in [-0.25, -0.2) is 4.79 Å². The average molecular weight is 536 g/mol. The molecule has 0 aromatic heterocycles. The van der Waals surface area contributed by atoms with E-state index < -0.39 is 70.5 Å². The zero-order valence-electron chi connectivity index (χ0n) is 22.0. The Morgan fingerprint density at radius 2 is 1.69 bits per heavy atom. The number of nitrogens with zero attached hydrogens (tertiary/aromatic N) is 1. The van der Waals surface area contributed by atoms with E-state index in [1.165, 1.54) is 12.0 Å². The van der Waals surface area contributed by atoms with Crippen molar-refractivity contribution < 1.29 is 43.2 Å². The Morgan fingerprint density at radius 1 is 1.03 bits per heavy atom. The summed E-state index contributed by atoms with van der Waals surface area (Å²) in [6, 6.07) is 14.6. The predicted molar refractivity (Wildman–Crippen MR) is 134 cm³/mol. The van der Waals surface area contributed by atoms with Crippen LogP contribution >= 0.6 is 0 Å². The zero-order chi connectivity index (χ0) is 28.0. The second-order valence-corrected chi connectivity index (χ2v) is 11.6. The summed E-state index contributed by atoms with van der Waals surface area (Å²) in [6.07, 6.45) is -4.63. The van der Waals surface area contributed by atoms with Crippen LogP contribution in [0.4, 0.5) is 5.69 Å². The Kier molecular flexibility index (Phi) is 5.23. The molecule has 4 fully saturated rings. The van der Waals surface area contributed by atoms with Crippen LogP contribution in [0.5, 0.6) is 5.75 Å². The number of hydrogen-bond donors (Lipinski definition) is 1. The number of aliphatic hydroxyl groups is 1. The van der Waals surface area contributed by atoms with E-state index >= 15 is 0 Å². The summed E-state index contributed by atoms with van der Waals surface area (Å²) in [5, 5.41) is 12.7. The van der Waals surface area contributed by atoms with Gasteiger partial charge in [0.1, 0.15) is 22.7 Å². The van der Waals surface area contributed by atoms with Gasteiger partial charge in [-0.05, 0) is 41.8 Å². The lowest BCUT2D eigenvalue weighted by molar-refractivity contribution is -0.204. The second-order valence-electron chi connectivity index (χ2n) is 11.6. The number of esters is 3. The number of amides is 1. The first-order valence-electron chi connectivity index (χ1n) is 12.8. The third-order valence-electron chi connectivity index (χ3n) is 9.06. The van der Waals surface area contributed by atoms with E-state index in [1.807, 2.05) is 0 Å². The highest BCUT2D eigenvalue weighted by atomic mass is 16.6. The first-order valence-corrected chi connectivity index (χ1v) is 12.8. The van der Waals surface area contributed by atoms with Crippen LogP contribution in [0.1, 0.15) is 44.0 Å². The lowest BCUT2D eigenvalue weighted by Crippen LogP contribution is -2.66. The lowest BCUT2D eigenvalue weighted by Gasteiger charge is -2.51. The minimum absolute atomic E-state index is 0.128. The molecule has 2 aromatic rings. The Labute approximate surface area is 224 Å². The molecule has 2 aromatic carbocycles. The molecule has 10 nitrogen and oxygen atoms in total. The molecule has 3 saturated heterocycles. The molecule has 2 spiro atoms. The number of anilines is 1. The van der Waals surface area contributed by atoms with Crippen LogP contribution in [0, 0.1) is 16.2 Å². The van der Waals surface area contributed by atoms with E-state index in [2.05, 4.69) is 0 Å². The summed E-state index contributed by atoms with van der Waals surface area (Å²) < 4.78 is 22.8. The Hall–Kier alpha value is -3.92. The summed E-state index contributed by atoms with van der Waals surface area (Å²) in [5.41, 5.74) is -5.86. The van der Waals surface area contributed by atoms with E-state index in [-0.39, 0.29) is 12.0 Å². The summed E-state index contributed by atoms with van der Waals surface area (Å²) in [7, 11) is 1.51. The van der Waals surface area contributed by atoms with Crippen molar-refractivity contribution in [3.8, 4) is 5.75 Å². The molecule has 10 heteroatoms. The van der Waals surface area contributed by atoms with E-state index in [0.717, 1.165) is 0 Å². The number of hydrogen-bond acceptors (Lipinski definition) is 9. The van der Waals surface area contributed by atoms with Crippen LogP contribution < -0.4 is 9.64 Å². The van der Waals surface area contributed by atoms with Gasteiger partial charge in [-0.1, -0.05) is 39.0 Å². The SMILES string of the molecule is COc1ccc(N2C(=O)[C@H](OC(=O)c3ccccc3)[C@@]34[C@@H]2OC(=O)[C@@]32CC(=O)O[C@H]2C[C@@]4(O)C(C)(C)C)cc1. The molecule has 4 aliphatic rings. The lowest BCUT2D eigenvalue weighted by atomic mass is 9.52. The molecule has 39 heavy (non-hydrogen) atoms. The van der Waals surface area contributed by atoms with Gasteiger partial charge in [0.05, 0.1) is 24.7 Å². The average Bonchev–Trinajstić information content (AvgIpc) is 3.51. The van der Waals surface area contributed by atoms with Gasteiger partial charge in [0.25, 0.3) is 5.91 Å². The maximum atomic E-state index is 14.4. The summed E-state index contributed by atoms with van der Waals surface area (Å²) >= 11 is 0. The Balaban J connectivity index is 1.60. The molecule has 204 valence electrons. The van der Waals surface area contributed by atoms with Crippen molar-refractivity contribution in [3.63, 3.8) is 0 Å². The van der Waals surface area contributed by atoms with Crippen LogP contribution in [0.3, 0.4) is 0 Å². The molecule has 1 saturated carbocycles. The monoisotopic (exact) mass is 535 g/mol. The zero-order valence-corrected chi connectivity index (χ0v) is 22.0. The summed E-state index contributed by atoms with van der Waals surface area (Å²) in [5.74, 6) is -2.36.